The predicted octanol–water partition coefficient (Wildman–Crippen LogP) is 4.15. The standard InChI is InChI=1S/C15H17N/c1-5-8-16-15(7-3)14-10-12(4)9-13(6-2)11-14/h5-11H,2-3H2,1,4H3/b8-5-,16-15+. The van der Waals surface area contributed by atoms with Gasteiger partial charge in [0.05, 0.1) is 5.71 Å². The van der Waals surface area contributed by atoms with Crippen LogP contribution in [0.4, 0.5) is 0 Å². The summed E-state index contributed by atoms with van der Waals surface area (Å²) in [6.07, 6.45) is 7.27. The Bertz CT molecular complexity index is 451. The third kappa shape index (κ3) is 3.06. The smallest absolute Gasteiger partial charge is 0.0696 e. The molecule has 1 aromatic rings. The van der Waals surface area contributed by atoms with Gasteiger partial charge in [-0.1, -0.05) is 31.4 Å². The van der Waals surface area contributed by atoms with Gasteiger partial charge < -0.3 is 0 Å². The second kappa shape index (κ2) is 5.86. The Kier molecular flexibility index (Phi) is 4.46. The Hall–Kier alpha value is -1.89. The van der Waals surface area contributed by atoms with E-state index in [1.165, 1.54) is 5.56 Å². The average molecular weight is 211 g/mol. The maximum Gasteiger partial charge on any atom is 0.0696 e. The predicted molar refractivity (Wildman–Crippen MR) is 72.8 cm³/mol. The van der Waals surface area contributed by atoms with E-state index < -0.39 is 0 Å². The topological polar surface area (TPSA) is 12.4 Å². The van der Waals surface area contributed by atoms with Crippen molar-refractivity contribution in [1.29, 1.82) is 0 Å². The number of allylic oxidation sites excluding steroid dienone is 2. The number of rotatable bonds is 4. The molecule has 0 fully saturated rings. The summed E-state index contributed by atoms with van der Waals surface area (Å²) in [7, 11) is 0. The van der Waals surface area contributed by atoms with Gasteiger partial charge in [-0.05, 0) is 43.2 Å². The highest BCUT2D eigenvalue weighted by atomic mass is 14.7. The number of hydrogen-bond donors (Lipinski definition) is 0. The van der Waals surface area contributed by atoms with Crippen molar-refractivity contribution >= 4 is 11.8 Å². The molecule has 1 aromatic carbocycles. The molecule has 1 rings (SSSR count). The fraction of sp³-hybridized carbons (Fsp3) is 0.133. The summed E-state index contributed by atoms with van der Waals surface area (Å²) in [5.41, 5.74) is 4.25. The first kappa shape index (κ1) is 12.2. The normalized spacial score (nSPS) is 11.8. The lowest BCUT2D eigenvalue weighted by molar-refractivity contribution is 1.43. The minimum absolute atomic E-state index is 0.880. The molecule has 0 N–H and O–H groups in total. The molecule has 0 aliphatic rings. The Labute approximate surface area is 97.5 Å². The van der Waals surface area contributed by atoms with Crippen LogP contribution in [-0.2, 0) is 0 Å². The molecule has 0 bridgehead atoms. The fourth-order valence-corrected chi connectivity index (χ4v) is 1.48. The van der Waals surface area contributed by atoms with E-state index in [9.17, 15) is 0 Å². The van der Waals surface area contributed by atoms with Gasteiger partial charge in [0.1, 0.15) is 0 Å². The Balaban J connectivity index is 3.24. The van der Waals surface area contributed by atoms with E-state index in [0.717, 1.165) is 16.8 Å². The van der Waals surface area contributed by atoms with Gasteiger partial charge >= 0.3 is 0 Å². The molecule has 0 unspecified atom stereocenters. The van der Waals surface area contributed by atoms with Gasteiger partial charge in [-0.2, -0.15) is 0 Å². The summed E-state index contributed by atoms with van der Waals surface area (Å²) in [6, 6.07) is 6.24. The molecule has 0 radical (unpaired) electrons. The quantitative estimate of drug-likeness (QED) is 0.663. The lowest BCUT2D eigenvalue weighted by Crippen LogP contribution is -1.97. The van der Waals surface area contributed by atoms with E-state index in [0.29, 0.717) is 0 Å². The second-order valence-electron chi connectivity index (χ2n) is 3.54. The highest BCUT2D eigenvalue weighted by Gasteiger charge is 2.00. The molecule has 0 aliphatic carbocycles. The zero-order chi connectivity index (χ0) is 12.0. The zero-order valence-electron chi connectivity index (χ0n) is 9.90. The monoisotopic (exact) mass is 211 g/mol. The largest absolute Gasteiger partial charge is 0.257 e. The van der Waals surface area contributed by atoms with Crippen molar-refractivity contribution in [2.75, 3.05) is 0 Å². The first-order valence-corrected chi connectivity index (χ1v) is 5.27. The fourth-order valence-electron chi connectivity index (χ4n) is 1.48. The molecule has 0 aliphatic heterocycles. The van der Waals surface area contributed by atoms with Crippen LogP contribution in [-0.4, -0.2) is 5.71 Å². The molecule has 0 saturated heterocycles. The Morgan fingerprint density at radius 1 is 1.25 bits per heavy atom. The maximum absolute atomic E-state index is 4.33. The third-order valence-electron chi connectivity index (χ3n) is 2.19. The summed E-state index contributed by atoms with van der Waals surface area (Å²) in [5, 5.41) is 0. The van der Waals surface area contributed by atoms with E-state index >= 15 is 0 Å². The number of benzene rings is 1. The Morgan fingerprint density at radius 3 is 2.56 bits per heavy atom. The first-order chi connectivity index (χ1) is 7.71. The van der Waals surface area contributed by atoms with E-state index in [-0.39, 0.29) is 0 Å². The van der Waals surface area contributed by atoms with E-state index in [1.54, 1.807) is 12.3 Å². The van der Waals surface area contributed by atoms with Crippen molar-refractivity contribution in [3.05, 3.63) is 66.4 Å². The van der Waals surface area contributed by atoms with Gasteiger partial charge in [-0.3, -0.25) is 4.99 Å². The average Bonchev–Trinajstić information content (AvgIpc) is 2.29. The van der Waals surface area contributed by atoms with Crippen LogP contribution in [0.25, 0.3) is 6.08 Å². The molecule has 16 heavy (non-hydrogen) atoms. The van der Waals surface area contributed by atoms with E-state index in [2.05, 4.69) is 43.3 Å². The van der Waals surface area contributed by atoms with E-state index in [4.69, 9.17) is 0 Å². The van der Waals surface area contributed by atoms with Crippen molar-refractivity contribution in [2.24, 2.45) is 4.99 Å². The lowest BCUT2D eigenvalue weighted by Gasteiger charge is -2.04. The third-order valence-corrected chi connectivity index (χ3v) is 2.19. The van der Waals surface area contributed by atoms with Gasteiger partial charge in [0, 0.05) is 11.8 Å². The number of hydrogen-bond acceptors (Lipinski definition) is 1. The lowest BCUT2D eigenvalue weighted by atomic mass is 10.0. The summed E-state index contributed by atoms with van der Waals surface area (Å²) < 4.78 is 0. The van der Waals surface area contributed by atoms with Crippen LogP contribution < -0.4 is 0 Å². The molecular weight excluding hydrogens is 194 g/mol. The minimum atomic E-state index is 0.880. The molecule has 0 heterocycles. The van der Waals surface area contributed by atoms with Gasteiger partial charge in [-0.25, -0.2) is 0 Å². The molecule has 0 atom stereocenters. The molecule has 1 heteroatoms. The van der Waals surface area contributed by atoms with Crippen LogP contribution in [0, 0.1) is 6.92 Å². The van der Waals surface area contributed by atoms with Crippen molar-refractivity contribution < 1.29 is 0 Å². The van der Waals surface area contributed by atoms with Crippen LogP contribution >= 0.6 is 0 Å². The molecule has 0 aromatic heterocycles. The number of aryl methyl sites for hydroxylation is 1. The van der Waals surface area contributed by atoms with E-state index in [1.807, 2.05) is 19.1 Å². The van der Waals surface area contributed by atoms with Gasteiger partial charge in [-0.15, -0.1) is 0 Å². The molecular formula is C15H17N. The van der Waals surface area contributed by atoms with Crippen LogP contribution in [0.15, 0.2) is 54.7 Å². The van der Waals surface area contributed by atoms with Crippen LogP contribution in [0.2, 0.25) is 0 Å². The van der Waals surface area contributed by atoms with Gasteiger partial charge in [0.15, 0.2) is 0 Å². The summed E-state index contributed by atoms with van der Waals surface area (Å²) in [5.74, 6) is 0. The van der Waals surface area contributed by atoms with Crippen molar-refractivity contribution in [1.82, 2.24) is 0 Å². The highest BCUT2D eigenvalue weighted by Crippen LogP contribution is 2.12. The molecule has 0 amide bonds. The Morgan fingerprint density at radius 2 is 2.00 bits per heavy atom. The maximum atomic E-state index is 4.33. The minimum Gasteiger partial charge on any atom is -0.257 e. The van der Waals surface area contributed by atoms with Crippen molar-refractivity contribution in [2.45, 2.75) is 13.8 Å². The summed E-state index contributed by atoms with van der Waals surface area (Å²) in [4.78, 5) is 4.33. The van der Waals surface area contributed by atoms with Gasteiger partial charge in [0.2, 0.25) is 0 Å². The molecule has 0 saturated carbocycles. The second-order valence-corrected chi connectivity index (χ2v) is 3.54. The molecule has 0 spiro atoms. The van der Waals surface area contributed by atoms with Crippen LogP contribution in [0.5, 0.6) is 0 Å². The van der Waals surface area contributed by atoms with Crippen molar-refractivity contribution in [3.8, 4) is 0 Å². The molecule has 82 valence electrons. The highest BCUT2D eigenvalue weighted by molar-refractivity contribution is 6.09. The molecule has 1 nitrogen and oxygen atoms in total. The zero-order valence-corrected chi connectivity index (χ0v) is 9.90. The first-order valence-electron chi connectivity index (χ1n) is 5.27. The summed E-state index contributed by atoms with van der Waals surface area (Å²) in [6.45, 7) is 11.6. The number of nitrogens with zero attached hydrogens (tertiary/aromatic N) is 1. The van der Waals surface area contributed by atoms with Crippen LogP contribution in [0.1, 0.15) is 23.6 Å². The summed E-state index contributed by atoms with van der Waals surface area (Å²) >= 11 is 0. The van der Waals surface area contributed by atoms with Gasteiger partial charge in [0.25, 0.3) is 0 Å². The number of aliphatic imine (C=N–C) groups is 1. The SMILES string of the molecule is C=C/C(=N\C=C/C)c1cc(C)cc(C=C)c1. The van der Waals surface area contributed by atoms with Crippen molar-refractivity contribution in [3.63, 3.8) is 0 Å². The van der Waals surface area contributed by atoms with Crippen LogP contribution in [0.3, 0.4) is 0 Å².